The third-order valence-electron chi connectivity index (χ3n) is 5.10. The Morgan fingerprint density at radius 3 is 2.62 bits per heavy atom. The third kappa shape index (κ3) is 5.47. The molecule has 1 aliphatic heterocycles. The molecule has 1 fully saturated rings. The molecule has 29 heavy (non-hydrogen) atoms. The maximum Gasteiger partial charge on any atom is 0.350 e. The summed E-state index contributed by atoms with van der Waals surface area (Å²) in [6.07, 6.45) is 7.58. The molecule has 2 aromatic heterocycles. The summed E-state index contributed by atoms with van der Waals surface area (Å²) in [7, 11) is 0. The molecule has 1 atom stereocenters. The number of aromatic nitrogens is 4. The molecule has 0 amide bonds. The summed E-state index contributed by atoms with van der Waals surface area (Å²) >= 11 is 0. The third-order valence-corrected chi connectivity index (χ3v) is 5.10. The van der Waals surface area contributed by atoms with Crippen LogP contribution >= 0.6 is 24.8 Å². The molecule has 0 radical (unpaired) electrons. The van der Waals surface area contributed by atoms with Gasteiger partial charge in [-0.2, -0.15) is 5.10 Å². The lowest BCUT2D eigenvalue weighted by Gasteiger charge is -2.22. The van der Waals surface area contributed by atoms with Gasteiger partial charge in [-0.25, -0.2) is 14.0 Å². The van der Waals surface area contributed by atoms with E-state index in [0.717, 1.165) is 50.3 Å². The maximum atomic E-state index is 13.1. The van der Waals surface area contributed by atoms with Crippen molar-refractivity contribution in [1.29, 1.82) is 0 Å². The summed E-state index contributed by atoms with van der Waals surface area (Å²) in [5.74, 6) is 1.14. The van der Waals surface area contributed by atoms with Crippen LogP contribution < -0.4 is 11.0 Å². The number of para-hydroxylation sites is 1. The van der Waals surface area contributed by atoms with Gasteiger partial charge in [-0.1, -0.05) is 24.3 Å². The van der Waals surface area contributed by atoms with Crippen molar-refractivity contribution in [2.24, 2.45) is 0 Å². The second-order valence-electron chi connectivity index (χ2n) is 7.04. The van der Waals surface area contributed by atoms with Crippen LogP contribution in [0, 0.1) is 0 Å². The van der Waals surface area contributed by atoms with Gasteiger partial charge in [0, 0.05) is 31.4 Å². The Bertz CT molecular complexity index is 921. The van der Waals surface area contributed by atoms with E-state index in [9.17, 15) is 4.79 Å². The fourth-order valence-electron chi connectivity index (χ4n) is 3.71. The Hall–Kier alpha value is -2.15. The van der Waals surface area contributed by atoms with Crippen LogP contribution in [0.1, 0.15) is 36.6 Å². The SMILES string of the molecule is Cl.Cl.O=c1n(CCCc2cccnc2)nc(C2CCCNC2)n1-c1ccccc1. The van der Waals surface area contributed by atoms with E-state index in [-0.39, 0.29) is 36.4 Å². The van der Waals surface area contributed by atoms with E-state index in [2.05, 4.69) is 16.4 Å². The van der Waals surface area contributed by atoms with Crippen molar-refractivity contribution in [3.8, 4) is 5.69 Å². The van der Waals surface area contributed by atoms with Crippen molar-refractivity contribution < 1.29 is 0 Å². The highest BCUT2D eigenvalue weighted by atomic mass is 35.5. The molecule has 6 nitrogen and oxygen atoms in total. The van der Waals surface area contributed by atoms with Crippen molar-refractivity contribution in [1.82, 2.24) is 24.6 Å². The van der Waals surface area contributed by atoms with Crippen LogP contribution in [0.25, 0.3) is 5.69 Å². The number of halogens is 2. The molecule has 3 heterocycles. The fourth-order valence-corrected chi connectivity index (χ4v) is 3.71. The molecule has 1 aromatic carbocycles. The van der Waals surface area contributed by atoms with Gasteiger partial charge in [0.25, 0.3) is 0 Å². The predicted octanol–water partition coefficient (Wildman–Crippen LogP) is 3.37. The van der Waals surface area contributed by atoms with Crippen LogP contribution in [0.15, 0.2) is 59.7 Å². The van der Waals surface area contributed by atoms with Gasteiger partial charge in [0.2, 0.25) is 0 Å². The molecular formula is C21H27Cl2N5O. The van der Waals surface area contributed by atoms with Crippen LogP contribution in [-0.2, 0) is 13.0 Å². The molecule has 0 bridgehead atoms. The summed E-state index contributed by atoms with van der Waals surface area (Å²) in [6.45, 7) is 2.53. The zero-order chi connectivity index (χ0) is 18.5. The number of pyridine rings is 1. The smallest absolute Gasteiger partial charge is 0.316 e. The van der Waals surface area contributed by atoms with Crippen molar-refractivity contribution in [2.75, 3.05) is 13.1 Å². The lowest BCUT2D eigenvalue weighted by Crippen LogP contribution is -2.31. The van der Waals surface area contributed by atoms with E-state index in [4.69, 9.17) is 5.10 Å². The number of benzene rings is 1. The summed E-state index contributed by atoms with van der Waals surface area (Å²) < 4.78 is 3.43. The molecule has 4 rings (SSSR count). The minimum Gasteiger partial charge on any atom is -0.316 e. The quantitative estimate of drug-likeness (QED) is 0.644. The molecule has 0 spiro atoms. The van der Waals surface area contributed by atoms with Gasteiger partial charge in [0.1, 0.15) is 5.82 Å². The Morgan fingerprint density at radius 1 is 1.10 bits per heavy atom. The summed E-state index contributed by atoms with van der Waals surface area (Å²) in [4.78, 5) is 17.3. The van der Waals surface area contributed by atoms with Crippen molar-refractivity contribution in [3.05, 3.63) is 76.7 Å². The van der Waals surface area contributed by atoms with Crippen LogP contribution in [0.4, 0.5) is 0 Å². The maximum absolute atomic E-state index is 13.1. The second kappa shape index (κ2) is 11.1. The Morgan fingerprint density at radius 2 is 1.93 bits per heavy atom. The highest BCUT2D eigenvalue weighted by molar-refractivity contribution is 5.85. The number of nitrogens with zero attached hydrogens (tertiary/aromatic N) is 4. The monoisotopic (exact) mass is 435 g/mol. The number of piperidine rings is 1. The van der Waals surface area contributed by atoms with Gasteiger partial charge in [0.05, 0.1) is 5.69 Å². The molecular weight excluding hydrogens is 409 g/mol. The normalized spacial score (nSPS) is 15.9. The topological polar surface area (TPSA) is 64.7 Å². The van der Waals surface area contributed by atoms with Crippen LogP contribution in [-0.4, -0.2) is 32.4 Å². The largest absolute Gasteiger partial charge is 0.350 e. The van der Waals surface area contributed by atoms with Crippen LogP contribution in [0.2, 0.25) is 0 Å². The molecule has 1 aliphatic rings. The van der Waals surface area contributed by atoms with E-state index in [0.29, 0.717) is 6.54 Å². The first kappa shape index (κ1) is 23.1. The van der Waals surface area contributed by atoms with Gasteiger partial charge in [-0.05, 0) is 56.0 Å². The number of nitrogens with one attached hydrogen (secondary N) is 1. The second-order valence-corrected chi connectivity index (χ2v) is 7.04. The number of rotatable bonds is 6. The summed E-state index contributed by atoms with van der Waals surface area (Å²) in [5, 5.41) is 8.19. The molecule has 8 heteroatoms. The minimum absolute atomic E-state index is 0. The molecule has 1 saturated heterocycles. The average molecular weight is 436 g/mol. The molecule has 0 saturated carbocycles. The van der Waals surface area contributed by atoms with Gasteiger partial charge in [-0.3, -0.25) is 4.98 Å². The van der Waals surface area contributed by atoms with E-state index in [1.54, 1.807) is 15.4 Å². The molecule has 3 aromatic rings. The Kier molecular flexibility index (Phi) is 8.89. The average Bonchev–Trinajstić information content (AvgIpc) is 3.06. The van der Waals surface area contributed by atoms with Crippen molar-refractivity contribution in [2.45, 2.75) is 38.1 Å². The van der Waals surface area contributed by atoms with Gasteiger partial charge in [-0.15, -0.1) is 24.8 Å². The van der Waals surface area contributed by atoms with Gasteiger partial charge >= 0.3 is 5.69 Å². The predicted molar refractivity (Wildman–Crippen MR) is 120 cm³/mol. The van der Waals surface area contributed by atoms with Gasteiger partial charge in [0.15, 0.2) is 0 Å². The number of hydrogen-bond donors (Lipinski definition) is 1. The first-order chi connectivity index (χ1) is 13.3. The summed E-state index contributed by atoms with van der Waals surface area (Å²) in [6, 6.07) is 13.9. The van der Waals surface area contributed by atoms with E-state index in [1.807, 2.05) is 42.6 Å². The Labute approximate surface area is 183 Å². The Balaban J connectivity index is 0.00000150. The molecule has 156 valence electrons. The van der Waals surface area contributed by atoms with E-state index in [1.165, 1.54) is 5.56 Å². The fraction of sp³-hybridized carbons (Fsp3) is 0.381. The lowest BCUT2D eigenvalue weighted by atomic mass is 9.99. The molecule has 0 aliphatic carbocycles. The molecule has 1 N–H and O–H groups in total. The zero-order valence-electron chi connectivity index (χ0n) is 16.2. The van der Waals surface area contributed by atoms with Crippen LogP contribution in [0.3, 0.4) is 0 Å². The standard InChI is InChI=1S/C21H25N5O.2ClH/c27-21-25(14-6-8-17-7-4-12-22-15-17)24-20(18-9-5-13-23-16-18)26(21)19-10-2-1-3-11-19;;/h1-4,7,10-12,15,18,23H,5-6,8-9,13-14,16H2;2*1H. The molecule has 1 unspecified atom stereocenters. The highest BCUT2D eigenvalue weighted by Crippen LogP contribution is 2.23. The minimum atomic E-state index is -0.0482. The van der Waals surface area contributed by atoms with E-state index < -0.39 is 0 Å². The number of hydrogen-bond acceptors (Lipinski definition) is 4. The van der Waals surface area contributed by atoms with Gasteiger partial charge < -0.3 is 5.32 Å². The first-order valence-corrected chi connectivity index (χ1v) is 9.68. The van der Waals surface area contributed by atoms with Crippen molar-refractivity contribution >= 4 is 24.8 Å². The van der Waals surface area contributed by atoms with Crippen molar-refractivity contribution in [3.63, 3.8) is 0 Å². The lowest BCUT2D eigenvalue weighted by molar-refractivity contribution is 0.438. The number of aryl methyl sites for hydroxylation is 2. The zero-order valence-corrected chi connectivity index (χ0v) is 17.9. The van der Waals surface area contributed by atoms with Crippen LogP contribution in [0.5, 0.6) is 0 Å². The highest BCUT2D eigenvalue weighted by Gasteiger charge is 2.24. The summed E-state index contributed by atoms with van der Waals surface area (Å²) in [5.41, 5.74) is 2.03. The van der Waals surface area contributed by atoms with E-state index >= 15 is 0 Å². The first-order valence-electron chi connectivity index (χ1n) is 9.68.